The minimum atomic E-state index is 0.317. The van der Waals surface area contributed by atoms with Crippen LogP contribution in [0.1, 0.15) is 18.1 Å². The van der Waals surface area contributed by atoms with E-state index in [1.54, 1.807) is 6.07 Å². The number of hydrogen-bond donors (Lipinski definition) is 1. The first-order chi connectivity index (χ1) is 13.6. The molecule has 1 N–H and O–H groups in total. The van der Waals surface area contributed by atoms with Crippen LogP contribution in [0, 0.1) is 0 Å². The maximum absolute atomic E-state index is 6.39. The van der Waals surface area contributed by atoms with Gasteiger partial charge in [0.1, 0.15) is 18.1 Å². The van der Waals surface area contributed by atoms with Crippen LogP contribution in [0.3, 0.4) is 0 Å². The molecular formula is C22H20Cl3NO2. The molecule has 0 heterocycles. The molecule has 0 bridgehead atoms. The van der Waals surface area contributed by atoms with Crippen LogP contribution in [0.4, 0.5) is 5.69 Å². The van der Waals surface area contributed by atoms with Crippen molar-refractivity contribution in [3.63, 3.8) is 0 Å². The summed E-state index contributed by atoms with van der Waals surface area (Å²) < 4.78 is 11.5. The van der Waals surface area contributed by atoms with Gasteiger partial charge in [0.2, 0.25) is 0 Å². The van der Waals surface area contributed by atoms with Crippen LogP contribution >= 0.6 is 34.8 Å². The summed E-state index contributed by atoms with van der Waals surface area (Å²) in [5, 5.41) is 5.03. The number of ether oxygens (including phenoxy) is 2. The van der Waals surface area contributed by atoms with E-state index in [2.05, 4.69) is 5.32 Å². The van der Waals surface area contributed by atoms with Gasteiger partial charge in [0.25, 0.3) is 0 Å². The molecule has 0 aromatic heterocycles. The topological polar surface area (TPSA) is 30.5 Å². The van der Waals surface area contributed by atoms with Crippen LogP contribution in [-0.2, 0) is 13.2 Å². The number of hydrogen-bond acceptors (Lipinski definition) is 3. The minimum Gasteiger partial charge on any atom is -0.494 e. The van der Waals surface area contributed by atoms with Crippen LogP contribution in [0.15, 0.2) is 60.7 Å². The Morgan fingerprint density at radius 1 is 0.821 bits per heavy atom. The van der Waals surface area contributed by atoms with Crippen molar-refractivity contribution < 1.29 is 9.47 Å². The van der Waals surface area contributed by atoms with Crippen molar-refractivity contribution in [1.29, 1.82) is 0 Å². The van der Waals surface area contributed by atoms with Gasteiger partial charge in [-0.2, -0.15) is 0 Å². The molecule has 3 aromatic rings. The lowest BCUT2D eigenvalue weighted by Gasteiger charge is -2.16. The SMILES string of the molecule is CCOc1ccc(NCc2cc(Cl)cc(Cl)c2OCc2ccccc2Cl)cc1. The van der Waals surface area contributed by atoms with Crippen molar-refractivity contribution in [1.82, 2.24) is 0 Å². The van der Waals surface area contributed by atoms with Gasteiger partial charge >= 0.3 is 0 Å². The van der Waals surface area contributed by atoms with Crippen molar-refractivity contribution in [3.8, 4) is 11.5 Å². The quantitative estimate of drug-likeness (QED) is 0.404. The average molecular weight is 437 g/mol. The van der Waals surface area contributed by atoms with E-state index in [9.17, 15) is 0 Å². The summed E-state index contributed by atoms with van der Waals surface area (Å²) in [6.45, 7) is 3.42. The van der Waals surface area contributed by atoms with Crippen LogP contribution in [0.25, 0.3) is 0 Å². The second-order valence-corrected chi connectivity index (χ2v) is 7.32. The summed E-state index contributed by atoms with van der Waals surface area (Å²) in [7, 11) is 0. The Labute approximate surface area is 180 Å². The molecule has 0 aliphatic rings. The predicted molar refractivity (Wildman–Crippen MR) is 117 cm³/mol. The molecule has 3 nitrogen and oxygen atoms in total. The van der Waals surface area contributed by atoms with Crippen molar-refractivity contribution in [2.75, 3.05) is 11.9 Å². The van der Waals surface area contributed by atoms with Crippen molar-refractivity contribution in [2.24, 2.45) is 0 Å². The standard InChI is InChI=1S/C22H20Cl3NO2/c1-2-27-19-9-7-18(8-10-19)26-13-16-11-17(23)12-21(25)22(16)28-14-15-5-3-4-6-20(15)24/h3-12,26H,2,13-14H2,1H3. The molecule has 0 spiro atoms. The fourth-order valence-electron chi connectivity index (χ4n) is 2.70. The van der Waals surface area contributed by atoms with E-state index in [1.807, 2.05) is 61.5 Å². The molecule has 28 heavy (non-hydrogen) atoms. The Morgan fingerprint density at radius 2 is 1.57 bits per heavy atom. The average Bonchev–Trinajstić information content (AvgIpc) is 2.68. The van der Waals surface area contributed by atoms with Crippen molar-refractivity contribution in [2.45, 2.75) is 20.1 Å². The van der Waals surface area contributed by atoms with E-state index in [0.29, 0.717) is 40.6 Å². The minimum absolute atomic E-state index is 0.317. The summed E-state index contributed by atoms with van der Waals surface area (Å²) in [5.74, 6) is 1.42. The summed E-state index contributed by atoms with van der Waals surface area (Å²) in [6, 6.07) is 18.8. The number of anilines is 1. The van der Waals surface area contributed by atoms with E-state index in [1.165, 1.54) is 0 Å². The summed E-state index contributed by atoms with van der Waals surface area (Å²) in [5.41, 5.74) is 2.70. The number of halogens is 3. The third-order valence-electron chi connectivity index (χ3n) is 4.06. The number of nitrogens with one attached hydrogen (secondary N) is 1. The van der Waals surface area contributed by atoms with E-state index >= 15 is 0 Å². The first-order valence-corrected chi connectivity index (χ1v) is 10.0. The first-order valence-electron chi connectivity index (χ1n) is 8.87. The fourth-order valence-corrected chi connectivity index (χ4v) is 3.49. The Kier molecular flexibility index (Phi) is 7.32. The first kappa shape index (κ1) is 20.7. The number of benzene rings is 3. The normalized spacial score (nSPS) is 10.6. The van der Waals surface area contributed by atoms with Crippen LogP contribution < -0.4 is 14.8 Å². The van der Waals surface area contributed by atoms with Crippen molar-refractivity contribution in [3.05, 3.63) is 86.9 Å². The Hall–Kier alpha value is -2.07. The fraction of sp³-hybridized carbons (Fsp3) is 0.182. The van der Waals surface area contributed by atoms with E-state index in [4.69, 9.17) is 44.3 Å². The molecule has 146 valence electrons. The van der Waals surface area contributed by atoms with Crippen LogP contribution in [0.2, 0.25) is 15.1 Å². The maximum atomic E-state index is 6.39. The summed E-state index contributed by atoms with van der Waals surface area (Å²) in [4.78, 5) is 0. The van der Waals surface area contributed by atoms with Crippen molar-refractivity contribution >= 4 is 40.5 Å². The predicted octanol–water partition coefficient (Wildman–Crippen LogP) is 7.24. The van der Waals surface area contributed by atoms with E-state index < -0.39 is 0 Å². The lowest BCUT2D eigenvalue weighted by molar-refractivity contribution is 0.303. The third-order valence-corrected chi connectivity index (χ3v) is 4.93. The molecule has 0 saturated carbocycles. The smallest absolute Gasteiger partial charge is 0.143 e. The second-order valence-electron chi connectivity index (χ2n) is 6.07. The third kappa shape index (κ3) is 5.48. The molecule has 3 rings (SSSR count). The second kappa shape index (κ2) is 9.92. The zero-order valence-corrected chi connectivity index (χ0v) is 17.6. The molecule has 0 fully saturated rings. The molecule has 0 aliphatic heterocycles. The Bertz CT molecular complexity index is 930. The molecular weight excluding hydrogens is 417 g/mol. The molecule has 0 amide bonds. The highest BCUT2D eigenvalue weighted by Crippen LogP contribution is 2.34. The molecule has 3 aromatic carbocycles. The number of rotatable bonds is 8. The molecule has 6 heteroatoms. The van der Waals surface area contributed by atoms with Gasteiger partial charge in [-0.1, -0.05) is 53.0 Å². The monoisotopic (exact) mass is 435 g/mol. The van der Waals surface area contributed by atoms with E-state index in [0.717, 1.165) is 22.6 Å². The molecule has 0 atom stereocenters. The zero-order valence-electron chi connectivity index (χ0n) is 15.3. The Balaban J connectivity index is 1.73. The van der Waals surface area contributed by atoms with Crippen LogP contribution in [-0.4, -0.2) is 6.61 Å². The van der Waals surface area contributed by atoms with Crippen LogP contribution in [0.5, 0.6) is 11.5 Å². The highest BCUT2D eigenvalue weighted by molar-refractivity contribution is 6.35. The van der Waals surface area contributed by atoms with Gasteiger partial charge in [0.15, 0.2) is 0 Å². The lowest BCUT2D eigenvalue weighted by atomic mass is 10.2. The van der Waals surface area contributed by atoms with Gasteiger partial charge in [-0.15, -0.1) is 0 Å². The summed E-state index contributed by atoms with van der Waals surface area (Å²) in [6.07, 6.45) is 0. The maximum Gasteiger partial charge on any atom is 0.143 e. The van der Waals surface area contributed by atoms with E-state index in [-0.39, 0.29) is 0 Å². The van der Waals surface area contributed by atoms with Gasteiger partial charge < -0.3 is 14.8 Å². The molecule has 0 aliphatic carbocycles. The highest BCUT2D eigenvalue weighted by atomic mass is 35.5. The highest BCUT2D eigenvalue weighted by Gasteiger charge is 2.12. The Morgan fingerprint density at radius 3 is 2.29 bits per heavy atom. The zero-order chi connectivity index (χ0) is 19.9. The lowest BCUT2D eigenvalue weighted by Crippen LogP contribution is -2.05. The van der Waals surface area contributed by atoms with Gasteiger partial charge in [0.05, 0.1) is 11.6 Å². The van der Waals surface area contributed by atoms with Gasteiger partial charge in [-0.05, 0) is 49.4 Å². The molecule has 0 radical (unpaired) electrons. The summed E-state index contributed by atoms with van der Waals surface area (Å²) >= 11 is 18.8. The largest absolute Gasteiger partial charge is 0.494 e. The molecule has 0 unspecified atom stereocenters. The van der Waals surface area contributed by atoms with Gasteiger partial charge in [-0.3, -0.25) is 0 Å². The molecule has 0 saturated heterocycles. The van der Waals surface area contributed by atoms with Gasteiger partial charge in [-0.25, -0.2) is 0 Å². The van der Waals surface area contributed by atoms with Gasteiger partial charge in [0, 0.05) is 33.4 Å².